The third kappa shape index (κ3) is 1.93. The maximum Gasteiger partial charge on any atom is 0.0958 e. The van der Waals surface area contributed by atoms with Crippen LogP contribution in [0.1, 0.15) is 36.0 Å². The monoisotopic (exact) mass is 242 g/mol. The Bertz CT molecular complexity index is 518. The van der Waals surface area contributed by atoms with Crippen LogP contribution in [0.4, 0.5) is 0 Å². The van der Waals surface area contributed by atoms with Crippen molar-refractivity contribution in [2.75, 3.05) is 6.54 Å². The van der Waals surface area contributed by atoms with E-state index in [9.17, 15) is 0 Å². The summed E-state index contributed by atoms with van der Waals surface area (Å²) in [6.07, 6.45) is 8.46. The number of imidazole rings is 1. The number of pyridine rings is 1. The third-order valence-corrected chi connectivity index (χ3v) is 3.65. The molecule has 2 aromatic heterocycles. The highest BCUT2D eigenvalue weighted by molar-refractivity contribution is 5.21. The van der Waals surface area contributed by atoms with Crippen molar-refractivity contribution in [2.45, 2.75) is 31.7 Å². The van der Waals surface area contributed by atoms with Crippen LogP contribution in [0.5, 0.6) is 0 Å². The Hall–Kier alpha value is -1.68. The molecular weight excluding hydrogens is 224 g/mol. The summed E-state index contributed by atoms with van der Waals surface area (Å²) in [4.78, 5) is 8.96. The van der Waals surface area contributed by atoms with E-state index in [-0.39, 0.29) is 6.04 Å². The van der Waals surface area contributed by atoms with Gasteiger partial charge in [0.25, 0.3) is 0 Å². The molecule has 0 spiro atoms. The van der Waals surface area contributed by atoms with E-state index in [0.29, 0.717) is 6.54 Å². The average molecular weight is 242 g/mol. The molecular formula is C14H18N4. The van der Waals surface area contributed by atoms with E-state index in [0.717, 1.165) is 18.5 Å². The number of aryl methyl sites for hydroxylation is 1. The number of hydrogen-bond donors (Lipinski definition) is 1. The molecule has 0 aliphatic heterocycles. The Morgan fingerprint density at radius 3 is 2.89 bits per heavy atom. The summed E-state index contributed by atoms with van der Waals surface area (Å²) < 4.78 is 2.22. The lowest BCUT2D eigenvalue weighted by Gasteiger charge is -2.21. The Morgan fingerprint density at radius 1 is 1.22 bits per heavy atom. The first-order valence-electron chi connectivity index (χ1n) is 6.55. The van der Waals surface area contributed by atoms with Gasteiger partial charge in [0.2, 0.25) is 0 Å². The molecule has 1 atom stereocenters. The van der Waals surface area contributed by atoms with Crippen molar-refractivity contribution in [1.82, 2.24) is 14.5 Å². The molecule has 1 aliphatic carbocycles. The van der Waals surface area contributed by atoms with Gasteiger partial charge in [-0.2, -0.15) is 0 Å². The number of nitrogens with zero attached hydrogens (tertiary/aromatic N) is 3. The van der Waals surface area contributed by atoms with Gasteiger partial charge in [0.15, 0.2) is 0 Å². The maximum absolute atomic E-state index is 5.94. The van der Waals surface area contributed by atoms with Gasteiger partial charge in [-0.05, 0) is 37.8 Å². The van der Waals surface area contributed by atoms with Gasteiger partial charge in [0.05, 0.1) is 23.8 Å². The van der Waals surface area contributed by atoms with Crippen molar-refractivity contribution < 1.29 is 0 Å². The summed E-state index contributed by atoms with van der Waals surface area (Å²) in [7, 11) is 0. The number of nitrogens with two attached hydrogens (primary N) is 1. The fraction of sp³-hybridized carbons (Fsp3) is 0.429. The Labute approximate surface area is 107 Å². The largest absolute Gasteiger partial charge is 0.328 e. The zero-order valence-electron chi connectivity index (χ0n) is 10.4. The molecule has 0 radical (unpaired) electrons. The summed E-state index contributed by atoms with van der Waals surface area (Å²) in [5, 5.41) is 0. The smallest absolute Gasteiger partial charge is 0.0958 e. The SMILES string of the molecule is NCC(c1ccccn1)n1cnc2c1CCCC2. The van der Waals surface area contributed by atoms with Gasteiger partial charge in [-0.3, -0.25) is 4.98 Å². The van der Waals surface area contributed by atoms with Crippen LogP contribution in [0.25, 0.3) is 0 Å². The van der Waals surface area contributed by atoms with E-state index in [2.05, 4.69) is 14.5 Å². The van der Waals surface area contributed by atoms with Gasteiger partial charge in [0, 0.05) is 18.4 Å². The zero-order chi connectivity index (χ0) is 12.4. The maximum atomic E-state index is 5.94. The first-order valence-corrected chi connectivity index (χ1v) is 6.55. The first-order chi connectivity index (χ1) is 8.90. The van der Waals surface area contributed by atoms with Crippen LogP contribution in [0.3, 0.4) is 0 Å². The lowest BCUT2D eigenvalue weighted by molar-refractivity contribution is 0.536. The number of rotatable bonds is 3. The van der Waals surface area contributed by atoms with E-state index in [1.807, 2.05) is 30.7 Å². The fourth-order valence-corrected chi connectivity index (χ4v) is 2.71. The highest BCUT2D eigenvalue weighted by Crippen LogP contribution is 2.25. The molecule has 2 aromatic rings. The van der Waals surface area contributed by atoms with Crippen LogP contribution >= 0.6 is 0 Å². The minimum atomic E-state index is 0.112. The van der Waals surface area contributed by atoms with Crippen LogP contribution in [-0.4, -0.2) is 21.1 Å². The van der Waals surface area contributed by atoms with Gasteiger partial charge in [-0.1, -0.05) is 6.07 Å². The molecule has 0 aromatic carbocycles. The minimum Gasteiger partial charge on any atom is -0.328 e. The van der Waals surface area contributed by atoms with Crippen LogP contribution < -0.4 is 5.73 Å². The summed E-state index contributed by atoms with van der Waals surface area (Å²) >= 11 is 0. The molecule has 0 amide bonds. The number of fused-ring (bicyclic) bond motifs is 1. The predicted octanol–water partition coefficient (Wildman–Crippen LogP) is 1.71. The highest BCUT2D eigenvalue weighted by Gasteiger charge is 2.21. The molecule has 4 nitrogen and oxygen atoms in total. The zero-order valence-corrected chi connectivity index (χ0v) is 10.4. The first kappa shape index (κ1) is 11.4. The lowest BCUT2D eigenvalue weighted by Crippen LogP contribution is -2.23. The van der Waals surface area contributed by atoms with Gasteiger partial charge in [-0.15, -0.1) is 0 Å². The average Bonchev–Trinajstić information content (AvgIpc) is 2.85. The van der Waals surface area contributed by atoms with Crippen molar-refractivity contribution in [3.63, 3.8) is 0 Å². The molecule has 0 saturated carbocycles. The molecule has 0 saturated heterocycles. The van der Waals surface area contributed by atoms with Gasteiger partial charge >= 0.3 is 0 Å². The molecule has 18 heavy (non-hydrogen) atoms. The Balaban J connectivity index is 2.00. The molecule has 0 fully saturated rings. The Morgan fingerprint density at radius 2 is 2.11 bits per heavy atom. The minimum absolute atomic E-state index is 0.112. The highest BCUT2D eigenvalue weighted by atomic mass is 15.1. The molecule has 2 N–H and O–H groups in total. The molecule has 2 heterocycles. The van der Waals surface area contributed by atoms with Crippen LogP contribution in [0.15, 0.2) is 30.7 Å². The van der Waals surface area contributed by atoms with E-state index < -0.39 is 0 Å². The topological polar surface area (TPSA) is 56.7 Å². The van der Waals surface area contributed by atoms with Crippen molar-refractivity contribution in [1.29, 1.82) is 0 Å². The lowest BCUT2D eigenvalue weighted by atomic mass is 10.0. The predicted molar refractivity (Wildman–Crippen MR) is 70.3 cm³/mol. The molecule has 3 rings (SSSR count). The third-order valence-electron chi connectivity index (χ3n) is 3.65. The van der Waals surface area contributed by atoms with E-state index >= 15 is 0 Å². The van der Waals surface area contributed by atoms with E-state index in [4.69, 9.17) is 5.73 Å². The van der Waals surface area contributed by atoms with Gasteiger partial charge in [0.1, 0.15) is 0 Å². The van der Waals surface area contributed by atoms with Gasteiger partial charge in [-0.25, -0.2) is 4.98 Å². The number of hydrogen-bond acceptors (Lipinski definition) is 3. The normalized spacial score (nSPS) is 16.3. The van der Waals surface area contributed by atoms with Crippen molar-refractivity contribution in [3.05, 3.63) is 47.8 Å². The second-order valence-electron chi connectivity index (χ2n) is 4.76. The van der Waals surface area contributed by atoms with Crippen molar-refractivity contribution >= 4 is 0 Å². The Kier molecular flexibility index (Phi) is 3.11. The fourth-order valence-electron chi connectivity index (χ4n) is 2.71. The molecule has 0 bridgehead atoms. The second-order valence-corrected chi connectivity index (χ2v) is 4.76. The summed E-state index contributed by atoms with van der Waals surface area (Å²) in [6, 6.07) is 6.09. The summed E-state index contributed by atoms with van der Waals surface area (Å²) in [5.74, 6) is 0. The number of aromatic nitrogens is 3. The van der Waals surface area contributed by atoms with Crippen LogP contribution in [-0.2, 0) is 12.8 Å². The standard InChI is InChI=1S/C14H18N4/c15-9-14(12-6-3-4-8-16-12)18-10-17-11-5-1-2-7-13(11)18/h3-4,6,8,10,14H,1-2,5,7,9,15H2. The molecule has 94 valence electrons. The summed E-state index contributed by atoms with van der Waals surface area (Å²) in [6.45, 7) is 0.555. The molecule has 1 unspecified atom stereocenters. The van der Waals surface area contributed by atoms with Crippen LogP contribution in [0, 0.1) is 0 Å². The van der Waals surface area contributed by atoms with Crippen LogP contribution in [0.2, 0.25) is 0 Å². The quantitative estimate of drug-likeness (QED) is 0.891. The van der Waals surface area contributed by atoms with Crippen molar-refractivity contribution in [2.24, 2.45) is 5.73 Å². The van der Waals surface area contributed by atoms with E-state index in [1.165, 1.54) is 24.2 Å². The second kappa shape index (κ2) is 4.90. The van der Waals surface area contributed by atoms with Crippen molar-refractivity contribution in [3.8, 4) is 0 Å². The summed E-state index contributed by atoms with van der Waals surface area (Å²) in [5.41, 5.74) is 9.56. The molecule has 1 aliphatic rings. The molecule has 4 heteroatoms. The van der Waals surface area contributed by atoms with Gasteiger partial charge < -0.3 is 10.3 Å². The van der Waals surface area contributed by atoms with E-state index in [1.54, 1.807) is 0 Å².